The second kappa shape index (κ2) is 5.27. The van der Waals surface area contributed by atoms with E-state index in [-0.39, 0.29) is 11.3 Å². The van der Waals surface area contributed by atoms with E-state index in [0.29, 0.717) is 15.8 Å². The number of nitrogens with one attached hydrogen (secondary N) is 1. The topological polar surface area (TPSA) is 75.3 Å². The number of anilines is 2. The van der Waals surface area contributed by atoms with Crippen molar-refractivity contribution in [2.45, 2.75) is 0 Å². The van der Waals surface area contributed by atoms with Crippen LogP contribution in [-0.2, 0) is 0 Å². The van der Waals surface area contributed by atoms with Crippen molar-refractivity contribution in [1.82, 2.24) is 0 Å². The summed E-state index contributed by atoms with van der Waals surface area (Å²) in [4.78, 5) is 11.9. The van der Waals surface area contributed by atoms with Crippen molar-refractivity contribution in [3.63, 3.8) is 0 Å². The van der Waals surface area contributed by atoms with Gasteiger partial charge in [-0.15, -0.1) is 0 Å². The molecule has 6 heteroatoms. The molecule has 0 aliphatic carbocycles. The van der Waals surface area contributed by atoms with Gasteiger partial charge in [0.25, 0.3) is 5.91 Å². The van der Waals surface area contributed by atoms with Crippen LogP contribution in [0.25, 0.3) is 0 Å². The van der Waals surface area contributed by atoms with Gasteiger partial charge in [0.2, 0.25) is 0 Å². The largest absolute Gasteiger partial charge is 0.508 e. The quantitative estimate of drug-likeness (QED) is 0.743. The average Bonchev–Trinajstić information content (AvgIpc) is 2.33. The Hall–Kier alpha value is -2.08. The summed E-state index contributed by atoms with van der Waals surface area (Å²) in [6.07, 6.45) is 0. The highest BCUT2D eigenvalue weighted by Gasteiger charge is 2.13. The monoisotopic (exact) mass is 324 g/mol. The first-order valence-electron chi connectivity index (χ1n) is 5.32. The number of phenolic OH excluding ortho intramolecular Hbond substituents is 1. The SMILES string of the molecule is Nc1ccc(Br)c(NC(=O)c2ccc(O)cc2F)c1. The van der Waals surface area contributed by atoms with Crippen LogP contribution in [0.5, 0.6) is 5.75 Å². The van der Waals surface area contributed by atoms with Crippen molar-refractivity contribution in [2.24, 2.45) is 0 Å². The van der Waals surface area contributed by atoms with Crippen LogP contribution >= 0.6 is 15.9 Å². The van der Waals surface area contributed by atoms with Crippen molar-refractivity contribution >= 4 is 33.2 Å². The third-order valence-electron chi connectivity index (χ3n) is 2.44. The lowest BCUT2D eigenvalue weighted by Crippen LogP contribution is -2.14. The van der Waals surface area contributed by atoms with Crippen LogP contribution in [0.1, 0.15) is 10.4 Å². The van der Waals surface area contributed by atoms with Crippen molar-refractivity contribution < 1.29 is 14.3 Å². The number of hydrogen-bond donors (Lipinski definition) is 3. The summed E-state index contributed by atoms with van der Waals surface area (Å²) in [5.41, 5.74) is 6.37. The number of amides is 1. The molecule has 2 aromatic carbocycles. The lowest BCUT2D eigenvalue weighted by Gasteiger charge is -2.09. The van der Waals surface area contributed by atoms with Gasteiger partial charge in [-0.3, -0.25) is 4.79 Å². The van der Waals surface area contributed by atoms with E-state index in [1.165, 1.54) is 12.1 Å². The molecule has 0 bridgehead atoms. The summed E-state index contributed by atoms with van der Waals surface area (Å²) in [5.74, 6) is -1.65. The molecule has 0 aromatic heterocycles. The third-order valence-corrected chi connectivity index (χ3v) is 3.13. The Morgan fingerprint density at radius 1 is 1.26 bits per heavy atom. The molecule has 0 aliphatic heterocycles. The number of halogens is 2. The highest BCUT2D eigenvalue weighted by atomic mass is 79.9. The van der Waals surface area contributed by atoms with E-state index in [1.807, 2.05) is 0 Å². The molecule has 0 saturated carbocycles. The minimum atomic E-state index is -0.794. The van der Waals surface area contributed by atoms with Crippen molar-refractivity contribution in [3.8, 4) is 5.75 Å². The van der Waals surface area contributed by atoms with E-state index in [2.05, 4.69) is 21.2 Å². The Bertz CT molecular complexity index is 647. The Morgan fingerprint density at radius 3 is 2.68 bits per heavy atom. The summed E-state index contributed by atoms with van der Waals surface area (Å²) < 4.78 is 14.2. The molecule has 0 aliphatic rings. The zero-order valence-corrected chi connectivity index (χ0v) is 11.2. The number of phenols is 1. The molecule has 1 amide bonds. The van der Waals surface area contributed by atoms with Gasteiger partial charge in [0.15, 0.2) is 0 Å². The average molecular weight is 325 g/mol. The molecule has 4 nitrogen and oxygen atoms in total. The Kier molecular flexibility index (Phi) is 3.71. The summed E-state index contributed by atoms with van der Waals surface area (Å²) in [6, 6.07) is 8.23. The molecule has 2 rings (SSSR count). The molecule has 0 spiro atoms. The number of nitrogen functional groups attached to an aromatic ring is 1. The predicted octanol–water partition coefficient (Wildman–Crippen LogP) is 3.13. The maximum absolute atomic E-state index is 13.5. The highest BCUT2D eigenvalue weighted by molar-refractivity contribution is 9.10. The van der Waals surface area contributed by atoms with E-state index >= 15 is 0 Å². The molecule has 2 aromatic rings. The number of benzene rings is 2. The van der Waals surface area contributed by atoms with Crippen LogP contribution in [0.4, 0.5) is 15.8 Å². The van der Waals surface area contributed by atoms with Crippen LogP contribution in [0, 0.1) is 5.82 Å². The zero-order valence-electron chi connectivity index (χ0n) is 9.65. The van der Waals surface area contributed by atoms with Crippen LogP contribution in [0.2, 0.25) is 0 Å². The number of rotatable bonds is 2. The van der Waals surface area contributed by atoms with Gasteiger partial charge in [-0.2, -0.15) is 0 Å². The van der Waals surface area contributed by atoms with Crippen LogP contribution < -0.4 is 11.1 Å². The molecule has 0 fully saturated rings. The van der Waals surface area contributed by atoms with E-state index < -0.39 is 11.7 Å². The second-order valence-electron chi connectivity index (χ2n) is 3.86. The third kappa shape index (κ3) is 3.03. The molecular weight excluding hydrogens is 315 g/mol. The van der Waals surface area contributed by atoms with Gasteiger partial charge >= 0.3 is 0 Å². The van der Waals surface area contributed by atoms with Crippen molar-refractivity contribution in [1.29, 1.82) is 0 Å². The van der Waals surface area contributed by atoms with Gasteiger partial charge in [0.1, 0.15) is 11.6 Å². The number of hydrogen-bond acceptors (Lipinski definition) is 3. The first-order chi connectivity index (χ1) is 8.97. The van der Waals surface area contributed by atoms with Gasteiger partial charge < -0.3 is 16.2 Å². The predicted molar refractivity (Wildman–Crippen MR) is 74.6 cm³/mol. The lowest BCUT2D eigenvalue weighted by molar-refractivity contribution is 0.102. The first-order valence-corrected chi connectivity index (χ1v) is 6.11. The first kappa shape index (κ1) is 13.4. The minimum absolute atomic E-state index is 0.160. The van der Waals surface area contributed by atoms with Crippen molar-refractivity contribution in [3.05, 3.63) is 52.3 Å². The van der Waals surface area contributed by atoms with E-state index in [1.54, 1.807) is 18.2 Å². The molecule has 0 heterocycles. The second-order valence-corrected chi connectivity index (χ2v) is 4.71. The Morgan fingerprint density at radius 2 is 2.00 bits per heavy atom. The fraction of sp³-hybridized carbons (Fsp3) is 0. The molecular formula is C13H10BrFN2O2. The van der Waals surface area contributed by atoms with Gasteiger partial charge in [0, 0.05) is 16.2 Å². The molecule has 4 N–H and O–H groups in total. The standard InChI is InChI=1S/C13H10BrFN2O2/c14-10-4-1-7(16)5-12(10)17-13(19)9-3-2-8(18)6-11(9)15/h1-6,18H,16H2,(H,17,19). The summed E-state index contributed by atoms with van der Waals surface area (Å²) in [7, 11) is 0. The van der Waals surface area contributed by atoms with E-state index in [4.69, 9.17) is 10.8 Å². The fourth-order valence-corrected chi connectivity index (χ4v) is 1.86. The van der Waals surface area contributed by atoms with E-state index in [0.717, 1.165) is 6.07 Å². The van der Waals surface area contributed by atoms with Crippen LogP contribution in [0.15, 0.2) is 40.9 Å². The van der Waals surface area contributed by atoms with Gasteiger partial charge in [-0.25, -0.2) is 4.39 Å². The smallest absolute Gasteiger partial charge is 0.258 e. The minimum Gasteiger partial charge on any atom is -0.508 e. The normalized spacial score (nSPS) is 10.2. The Balaban J connectivity index is 2.28. The summed E-state index contributed by atoms with van der Waals surface area (Å²) in [6.45, 7) is 0. The number of carbonyl (C=O) groups excluding carboxylic acids is 1. The number of carbonyl (C=O) groups is 1. The number of aromatic hydroxyl groups is 1. The maximum Gasteiger partial charge on any atom is 0.258 e. The summed E-state index contributed by atoms with van der Waals surface area (Å²) in [5, 5.41) is 11.6. The molecule has 0 atom stereocenters. The molecule has 19 heavy (non-hydrogen) atoms. The molecule has 0 radical (unpaired) electrons. The van der Waals surface area contributed by atoms with E-state index in [9.17, 15) is 9.18 Å². The number of nitrogens with two attached hydrogens (primary N) is 1. The zero-order chi connectivity index (χ0) is 14.0. The maximum atomic E-state index is 13.5. The van der Waals surface area contributed by atoms with Crippen LogP contribution in [0.3, 0.4) is 0 Å². The summed E-state index contributed by atoms with van der Waals surface area (Å²) >= 11 is 3.26. The molecule has 0 unspecified atom stereocenters. The van der Waals surface area contributed by atoms with Gasteiger partial charge in [-0.1, -0.05) is 0 Å². The molecule has 98 valence electrons. The Labute approximate surface area is 117 Å². The lowest BCUT2D eigenvalue weighted by atomic mass is 10.2. The van der Waals surface area contributed by atoms with Crippen molar-refractivity contribution in [2.75, 3.05) is 11.1 Å². The fourth-order valence-electron chi connectivity index (χ4n) is 1.52. The molecule has 0 saturated heterocycles. The highest BCUT2D eigenvalue weighted by Crippen LogP contribution is 2.25. The van der Waals surface area contributed by atoms with Crippen LogP contribution in [-0.4, -0.2) is 11.0 Å². The van der Waals surface area contributed by atoms with Gasteiger partial charge in [0.05, 0.1) is 11.3 Å². The van der Waals surface area contributed by atoms with Gasteiger partial charge in [-0.05, 0) is 46.3 Å².